The molecule has 2 aromatic carbocycles. The number of carbonyl (C=O) groups excluding carboxylic acids is 2. The average Bonchev–Trinajstić information content (AvgIpc) is 2.62. The second kappa shape index (κ2) is 7.12. The number of anilines is 2. The number of nitrogens with two attached hydrogens (primary N) is 1. The van der Waals surface area contributed by atoms with E-state index in [1.165, 1.54) is 6.92 Å². The lowest BCUT2D eigenvalue weighted by atomic mass is 10.2. The van der Waals surface area contributed by atoms with Gasteiger partial charge in [0.05, 0.1) is 5.56 Å². The van der Waals surface area contributed by atoms with E-state index < -0.39 is 18.0 Å². The molecule has 0 unspecified atom stereocenters. The Balaban J connectivity index is 1.60. The van der Waals surface area contributed by atoms with Crippen molar-refractivity contribution in [3.8, 4) is 11.5 Å². The lowest BCUT2D eigenvalue weighted by Gasteiger charge is -2.19. The van der Waals surface area contributed by atoms with Crippen molar-refractivity contribution in [2.75, 3.05) is 24.3 Å². The molecule has 0 fully saturated rings. The molecule has 0 aromatic heterocycles. The van der Waals surface area contributed by atoms with Crippen molar-refractivity contribution < 1.29 is 23.8 Å². The molecular formula is C18H18N2O5. The normalized spacial score (nSPS) is 13.6. The number of benzene rings is 2. The molecule has 0 spiro atoms. The van der Waals surface area contributed by atoms with Gasteiger partial charge in [-0.3, -0.25) is 4.79 Å². The number of amides is 1. The van der Waals surface area contributed by atoms with Crippen LogP contribution in [0.3, 0.4) is 0 Å². The smallest absolute Gasteiger partial charge is 0.338 e. The van der Waals surface area contributed by atoms with Crippen LogP contribution in [0.25, 0.3) is 0 Å². The van der Waals surface area contributed by atoms with Crippen LogP contribution < -0.4 is 20.5 Å². The van der Waals surface area contributed by atoms with Crippen molar-refractivity contribution in [1.82, 2.24) is 0 Å². The van der Waals surface area contributed by atoms with E-state index in [1.54, 1.807) is 42.5 Å². The molecule has 0 saturated carbocycles. The third-order valence-corrected chi connectivity index (χ3v) is 3.61. The maximum absolute atomic E-state index is 12.2. The molecule has 3 N–H and O–H groups in total. The van der Waals surface area contributed by atoms with E-state index in [2.05, 4.69) is 5.32 Å². The lowest BCUT2D eigenvalue weighted by Crippen LogP contribution is -2.30. The van der Waals surface area contributed by atoms with Gasteiger partial charge in [-0.15, -0.1) is 0 Å². The predicted molar refractivity (Wildman–Crippen MR) is 91.8 cm³/mol. The Bertz CT molecular complexity index is 789. The molecule has 1 aliphatic heterocycles. The Kier molecular flexibility index (Phi) is 4.74. The Hall–Kier alpha value is -3.22. The fourth-order valence-corrected chi connectivity index (χ4v) is 2.27. The zero-order valence-electron chi connectivity index (χ0n) is 13.7. The molecule has 1 atom stereocenters. The number of rotatable bonds is 4. The largest absolute Gasteiger partial charge is 0.486 e. The monoisotopic (exact) mass is 342 g/mol. The molecule has 1 heterocycles. The zero-order valence-corrected chi connectivity index (χ0v) is 13.7. The Morgan fingerprint density at radius 2 is 1.76 bits per heavy atom. The van der Waals surface area contributed by atoms with Gasteiger partial charge < -0.3 is 25.3 Å². The summed E-state index contributed by atoms with van der Waals surface area (Å²) in [4.78, 5) is 24.3. The molecule has 0 radical (unpaired) electrons. The van der Waals surface area contributed by atoms with Crippen LogP contribution in [-0.2, 0) is 9.53 Å². The summed E-state index contributed by atoms with van der Waals surface area (Å²) in [5, 5.41) is 2.69. The van der Waals surface area contributed by atoms with E-state index in [-0.39, 0.29) is 0 Å². The fraction of sp³-hybridized carbons (Fsp3) is 0.222. The van der Waals surface area contributed by atoms with Crippen LogP contribution in [0.5, 0.6) is 11.5 Å². The van der Waals surface area contributed by atoms with Crippen molar-refractivity contribution in [3.63, 3.8) is 0 Å². The summed E-state index contributed by atoms with van der Waals surface area (Å²) in [6.07, 6.45) is -0.960. The second-order valence-corrected chi connectivity index (χ2v) is 5.52. The number of nitrogens with one attached hydrogen (secondary N) is 1. The van der Waals surface area contributed by atoms with Crippen molar-refractivity contribution >= 4 is 23.3 Å². The van der Waals surface area contributed by atoms with Gasteiger partial charge in [-0.05, 0) is 43.3 Å². The van der Waals surface area contributed by atoms with Gasteiger partial charge >= 0.3 is 5.97 Å². The van der Waals surface area contributed by atoms with Gasteiger partial charge in [0.1, 0.15) is 13.2 Å². The van der Waals surface area contributed by atoms with Crippen LogP contribution in [0.4, 0.5) is 11.4 Å². The number of esters is 1. The summed E-state index contributed by atoms with van der Waals surface area (Å²) in [7, 11) is 0. The molecule has 0 bridgehead atoms. The van der Waals surface area contributed by atoms with Crippen LogP contribution in [0.1, 0.15) is 17.3 Å². The van der Waals surface area contributed by atoms with E-state index in [0.717, 1.165) is 0 Å². The summed E-state index contributed by atoms with van der Waals surface area (Å²) >= 11 is 0. The topological polar surface area (TPSA) is 99.9 Å². The van der Waals surface area contributed by atoms with E-state index in [1.807, 2.05) is 0 Å². The zero-order chi connectivity index (χ0) is 17.8. The van der Waals surface area contributed by atoms with Crippen LogP contribution in [0.2, 0.25) is 0 Å². The molecule has 7 heteroatoms. The van der Waals surface area contributed by atoms with Crippen molar-refractivity contribution in [2.24, 2.45) is 0 Å². The SMILES string of the molecule is C[C@H](OC(=O)c1ccc(N)cc1)C(=O)Nc1ccc2c(c1)OCCO2. The van der Waals surface area contributed by atoms with E-state index in [9.17, 15) is 9.59 Å². The highest BCUT2D eigenvalue weighted by Crippen LogP contribution is 2.32. The number of carbonyl (C=O) groups is 2. The molecule has 130 valence electrons. The molecular weight excluding hydrogens is 324 g/mol. The molecule has 3 rings (SSSR count). The molecule has 1 aliphatic rings. The van der Waals surface area contributed by atoms with Crippen LogP contribution in [0.15, 0.2) is 42.5 Å². The van der Waals surface area contributed by atoms with Crippen LogP contribution in [-0.4, -0.2) is 31.2 Å². The number of ether oxygens (including phenoxy) is 3. The Labute approximate surface area is 144 Å². The molecule has 7 nitrogen and oxygen atoms in total. The van der Waals surface area contributed by atoms with Gasteiger partial charge in [0, 0.05) is 17.4 Å². The van der Waals surface area contributed by atoms with Crippen molar-refractivity contribution in [3.05, 3.63) is 48.0 Å². The lowest BCUT2D eigenvalue weighted by molar-refractivity contribution is -0.123. The minimum absolute atomic E-state index is 0.327. The molecule has 1 amide bonds. The number of fused-ring (bicyclic) bond motifs is 1. The summed E-state index contributed by atoms with van der Waals surface area (Å²) in [5.74, 6) is 0.160. The van der Waals surface area contributed by atoms with Gasteiger partial charge in [0.15, 0.2) is 17.6 Å². The first-order valence-electron chi connectivity index (χ1n) is 7.80. The first-order valence-corrected chi connectivity index (χ1v) is 7.80. The molecule has 2 aromatic rings. The minimum atomic E-state index is -0.960. The third kappa shape index (κ3) is 4.00. The van der Waals surface area contributed by atoms with E-state index in [0.29, 0.717) is 41.7 Å². The van der Waals surface area contributed by atoms with E-state index in [4.69, 9.17) is 19.9 Å². The highest BCUT2D eigenvalue weighted by atomic mass is 16.6. The van der Waals surface area contributed by atoms with E-state index >= 15 is 0 Å². The maximum Gasteiger partial charge on any atom is 0.338 e. The van der Waals surface area contributed by atoms with Gasteiger partial charge in [-0.25, -0.2) is 4.79 Å². The van der Waals surface area contributed by atoms with Crippen molar-refractivity contribution in [2.45, 2.75) is 13.0 Å². The summed E-state index contributed by atoms with van der Waals surface area (Å²) in [6.45, 7) is 2.46. The highest BCUT2D eigenvalue weighted by Gasteiger charge is 2.20. The predicted octanol–water partition coefficient (Wildman–Crippen LogP) is 2.22. The van der Waals surface area contributed by atoms with Crippen LogP contribution in [0, 0.1) is 0 Å². The summed E-state index contributed by atoms with van der Waals surface area (Å²) in [5.41, 5.74) is 6.98. The van der Waals surface area contributed by atoms with Gasteiger partial charge in [-0.1, -0.05) is 0 Å². The number of nitrogen functional groups attached to an aromatic ring is 1. The summed E-state index contributed by atoms with van der Waals surface area (Å²) < 4.78 is 16.1. The van der Waals surface area contributed by atoms with Gasteiger partial charge in [-0.2, -0.15) is 0 Å². The standard InChI is InChI=1S/C18H18N2O5/c1-11(25-18(22)12-2-4-13(19)5-3-12)17(21)20-14-6-7-15-16(10-14)24-9-8-23-15/h2-7,10-11H,8-9,19H2,1H3,(H,20,21)/t11-/m0/s1. The average molecular weight is 342 g/mol. The van der Waals surface area contributed by atoms with Gasteiger partial charge in [0.25, 0.3) is 5.91 Å². The maximum atomic E-state index is 12.2. The quantitative estimate of drug-likeness (QED) is 0.653. The first kappa shape index (κ1) is 16.6. The van der Waals surface area contributed by atoms with Crippen molar-refractivity contribution in [1.29, 1.82) is 0 Å². The summed E-state index contributed by atoms with van der Waals surface area (Å²) in [6, 6.07) is 11.4. The molecule has 0 saturated heterocycles. The highest BCUT2D eigenvalue weighted by molar-refractivity contribution is 5.97. The third-order valence-electron chi connectivity index (χ3n) is 3.61. The van der Waals surface area contributed by atoms with Gasteiger partial charge in [0.2, 0.25) is 0 Å². The second-order valence-electron chi connectivity index (χ2n) is 5.52. The van der Waals surface area contributed by atoms with Crippen LogP contribution >= 0.6 is 0 Å². The number of hydrogen-bond acceptors (Lipinski definition) is 6. The minimum Gasteiger partial charge on any atom is -0.486 e. The fourth-order valence-electron chi connectivity index (χ4n) is 2.27. The molecule has 0 aliphatic carbocycles. The number of hydrogen-bond donors (Lipinski definition) is 2. The molecule has 25 heavy (non-hydrogen) atoms. The Morgan fingerprint density at radius 1 is 1.08 bits per heavy atom. The first-order chi connectivity index (χ1) is 12.0. The Morgan fingerprint density at radius 3 is 2.48 bits per heavy atom.